The molecule has 3 rings (SSSR count). The van der Waals surface area contributed by atoms with Crippen LogP contribution in [0.3, 0.4) is 0 Å². The molecule has 6 nitrogen and oxygen atoms in total. The van der Waals surface area contributed by atoms with Crippen LogP contribution in [0, 0.1) is 17.0 Å². The van der Waals surface area contributed by atoms with E-state index < -0.39 is 4.92 Å². The van der Waals surface area contributed by atoms with Crippen molar-refractivity contribution in [2.24, 2.45) is 0 Å². The number of nitrogens with zero attached hydrogens (tertiary/aromatic N) is 3. The molecule has 0 aliphatic carbocycles. The number of carbonyl (C=O) groups excluding carboxylic acids is 1. The van der Waals surface area contributed by atoms with Crippen molar-refractivity contribution in [3.63, 3.8) is 0 Å². The first-order valence-electron chi connectivity index (χ1n) is 8.11. The summed E-state index contributed by atoms with van der Waals surface area (Å²) < 4.78 is 0. The maximum Gasteiger partial charge on any atom is 0.282 e. The van der Waals surface area contributed by atoms with Gasteiger partial charge in [0.15, 0.2) is 0 Å². The minimum absolute atomic E-state index is 0.0230. The van der Waals surface area contributed by atoms with Crippen LogP contribution in [0.4, 0.5) is 11.4 Å². The lowest BCUT2D eigenvalue weighted by Gasteiger charge is -2.36. The fourth-order valence-corrected chi connectivity index (χ4v) is 3.42. The van der Waals surface area contributed by atoms with E-state index in [-0.39, 0.29) is 17.2 Å². The van der Waals surface area contributed by atoms with Gasteiger partial charge in [-0.15, -0.1) is 0 Å². The molecule has 1 aliphatic heterocycles. The van der Waals surface area contributed by atoms with Crippen LogP contribution in [0.5, 0.6) is 0 Å². The van der Waals surface area contributed by atoms with Gasteiger partial charge in [0.25, 0.3) is 11.6 Å². The van der Waals surface area contributed by atoms with Crippen LogP contribution >= 0.6 is 23.2 Å². The number of rotatable bonds is 3. The van der Waals surface area contributed by atoms with Gasteiger partial charge in [-0.2, -0.15) is 0 Å². The molecule has 0 unspecified atom stereocenters. The van der Waals surface area contributed by atoms with Crippen LogP contribution in [0.2, 0.25) is 10.0 Å². The summed E-state index contributed by atoms with van der Waals surface area (Å²) in [4.78, 5) is 27.2. The molecule has 0 saturated carbocycles. The summed E-state index contributed by atoms with van der Waals surface area (Å²) in [6.45, 7) is 4.20. The fraction of sp³-hybridized carbons (Fsp3) is 0.278. The summed E-state index contributed by atoms with van der Waals surface area (Å²) in [6.07, 6.45) is 0. The third kappa shape index (κ3) is 3.76. The Morgan fingerprint density at radius 3 is 2.31 bits per heavy atom. The Balaban J connectivity index is 1.76. The number of amides is 1. The summed E-state index contributed by atoms with van der Waals surface area (Å²) >= 11 is 12.0. The predicted octanol–water partition coefficient (Wildman–Crippen LogP) is 4.17. The monoisotopic (exact) mass is 393 g/mol. The molecule has 1 saturated heterocycles. The zero-order valence-electron chi connectivity index (χ0n) is 14.1. The maximum atomic E-state index is 12.8. The normalized spacial score (nSPS) is 14.4. The van der Waals surface area contributed by atoms with Gasteiger partial charge in [0.1, 0.15) is 5.56 Å². The molecule has 0 N–H and O–H groups in total. The number of carbonyl (C=O) groups is 1. The zero-order valence-corrected chi connectivity index (χ0v) is 15.6. The van der Waals surface area contributed by atoms with Crippen LogP contribution in [-0.4, -0.2) is 41.9 Å². The average molecular weight is 394 g/mol. The lowest BCUT2D eigenvalue weighted by atomic mass is 10.1. The molecule has 1 heterocycles. The van der Waals surface area contributed by atoms with E-state index in [2.05, 4.69) is 4.90 Å². The number of anilines is 1. The van der Waals surface area contributed by atoms with E-state index >= 15 is 0 Å². The van der Waals surface area contributed by atoms with Gasteiger partial charge >= 0.3 is 0 Å². The molecule has 0 spiro atoms. The highest BCUT2D eigenvalue weighted by molar-refractivity contribution is 6.31. The van der Waals surface area contributed by atoms with E-state index in [0.29, 0.717) is 36.2 Å². The fourth-order valence-electron chi connectivity index (χ4n) is 3.08. The number of aryl methyl sites for hydroxylation is 1. The predicted molar refractivity (Wildman–Crippen MR) is 102 cm³/mol. The number of halogens is 2. The molecule has 26 heavy (non-hydrogen) atoms. The summed E-state index contributed by atoms with van der Waals surface area (Å²) in [5, 5.41) is 12.2. The molecule has 1 amide bonds. The van der Waals surface area contributed by atoms with E-state index in [1.165, 1.54) is 18.2 Å². The lowest BCUT2D eigenvalue weighted by molar-refractivity contribution is -0.385. The molecule has 1 fully saturated rings. The SMILES string of the molecule is Cc1ccc(Cl)cc1N1CCN(C(=O)c2cc(Cl)ccc2[N+](=O)[O-])CC1. The van der Waals surface area contributed by atoms with Crippen molar-refractivity contribution in [3.05, 3.63) is 67.7 Å². The summed E-state index contributed by atoms with van der Waals surface area (Å²) in [7, 11) is 0. The quantitative estimate of drug-likeness (QED) is 0.579. The second-order valence-electron chi connectivity index (χ2n) is 6.13. The molecule has 0 radical (unpaired) electrons. The Hall–Kier alpha value is -2.31. The van der Waals surface area contributed by atoms with Crippen LogP contribution in [0.15, 0.2) is 36.4 Å². The highest BCUT2D eigenvalue weighted by Crippen LogP contribution is 2.27. The van der Waals surface area contributed by atoms with Crippen LogP contribution in [0.1, 0.15) is 15.9 Å². The van der Waals surface area contributed by atoms with Crippen molar-refractivity contribution >= 4 is 40.5 Å². The van der Waals surface area contributed by atoms with Gasteiger partial charge in [0.05, 0.1) is 4.92 Å². The zero-order chi connectivity index (χ0) is 18.8. The van der Waals surface area contributed by atoms with E-state index in [1.54, 1.807) is 4.90 Å². The number of hydrogen-bond donors (Lipinski definition) is 0. The molecule has 0 atom stereocenters. The van der Waals surface area contributed by atoms with Gasteiger partial charge in [-0.25, -0.2) is 0 Å². The maximum absolute atomic E-state index is 12.8. The molecule has 2 aromatic carbocycles. The largest absolute Gasteiger partial charge is 0.368 e. The molecular weight excluding hydrogens is 377 g/mol. The third-order valence-electron chi connectivity index (χ3n) is 4.46. The molecule has 1 aliphatic rings. The van der Waals surface area contributed by atoms with E-state index in [4.69, 9.17) is 23.2 Å². The third-order valence-corrected chi connectivity index (χ3v) is 4.93. The van der Waals surface area contributed by atoms with Crippen molar-refractivity contribution in [2.75, 3.05) is 31.1 Å². The topological polar surface area (TPSA) is 66.7 Å². The highest BCUT2D eigenvalue weighted by atomic mass is 35.5. The molecular formula is C18H17Cl2N3O3. The Morgan fingerprint density at radius 1 is 1.04 bits per heavy atom. The van der Waals surface area contributed by atoms with Crippen molar-refractivity contribution in [2.45, 2.75) is 6.92 Å². The standard InChI is InChI=1S/C18H17Cl2N3O3/c1-12-2-3-14(20)11-17(12)21-6-8-22(9-7-21)18(24)15-10-13(19)4-5-16(15)23(25)26/h2-5,10-11H,6-9H2,1H3. The highest BCUT2D eigenvalue weighted by Gasteiger charge is 2.28. The molecule has 0 bridgehead atoms. The van der Waals surface area contributed by atoms with Gasteiger partial charge in [-0.05, 0) is 36.8 Å². The van der Waals surface area contributed by atoms with Gasteiger partial charge < -0.3 is 9.80 Å². The minimum Gasteiger partial charge on any atom is -0.368 e. The smallest absolute Gasteiger partial charge is 0.282 e. The van der Waals surface area contributed by atoms with Crippen LogP contribution < -0.4 is 4.90 Å². The average Bonchev–Trinajstić information content (AvgIpc) is 2.63. The Bertz CT molecular complexity index is 865. The molecule has 0 aromatic heterocycles. The Labute approximate surface area is 161 Å². The summed E-state index contributed by atoms with van der Waals surface area (Å²) in [6, 6.07) is 9.76. The van der Waals surface area contributed by atoms with Crippen LogP contribution in [-0.2, 0) is 0 Å². The summed E-state index contributed by atoms with van der Waals surface area (Å²) in [5.74, 6) is -0.373. The van der Waals surface area contributed by atoms with Crippen molar-refractivity contribution < 1.29 is 9.72 Å². The van der Waals surface area contributed by atoms with Gasteiger partial charge in [0.2, 0.25) is 0 Å². The number of hydrogen-bond acceptors (Lipinski definition) is 4. The first-order chi connectivity index (χ1) is 12.4. The number of nitro benzene ring substituents is 1. The second kappa shape index (κ2) is 7.51. The molecule has 2 aromatic rings. The van der Waals surface area contributed by atoms with Gasteiger partial charge in [-0.1, -0.05) is 29.3 Å². The number of nitro groups is 1. The van der Waals surface area contributed by atoms with Crippen molar-refractivity contribution in [1.29, 1.82) is 0 Å². The van der Waals surface area contributed by atoms with Crippen LogP contribution in [0.25, 0.3) is 0 Å². The molecule has 8 heteroatoms. The Morgan fingerprint density at radius 2 is 1.65 bits per heavy atom. The van der Waals surface area contributed by atoms with E-state index in [9.17, 15) is 14.9 Å². The van der Waals surface area contributed by atoms with E-state index in [0.717, 1.165) is 11.3 Å². The van der Waals surface area contributed by atoms with E-state index in [1.807, 2.05) is 25.1 Å². The lowest BCUT2D eigenvalue weighted by Crippen LogP contribution is -2.49. The number of piperazine rings is 1. The van der Waals surface area contributed by atoms with Crippen molar-refractivity contribution in [1.82, 2.24) is 4.90 Å². The molecule has 136 valence electrons. The summed E-state index contributed by atoms with van der Waals surface area (Å²) in [5.41, 5.74) is 1.94. The second-order valence-corrected chi connectivity index (χ2v) is 7.00. The first kappa shape index (κ1) is 18.5. The number of benzene rings is 2. The Kier molecular flexibility index (Phi) is 5.34. The van der Waals surface area contributed by atoms with Gasteiger partial charge in [-0.3, -0.25) is 14.9 Å². The van der Waals surface area contributed by atoms with Gasteiger partial charge in [0, 0.05) is 48.0 Å². The first-order valence-corrected chi connectivity index (χ1v) is 8.86. The van der Waals surface area contributed by atoms with Crippen molar-refractivity contribution in [3.8, 4) is 0 Å². The minimum atomic E-state index is -0.560.